The summed E-state index contributed by atoms with van der Waals surface area (Å²) in [5.41, 5.74) is 2.65. The lowest BCUT2D eigenvalue weighted by Gasteiger charge is -2.36. The van der Waals surface area contributed by atoms with E-state index >= 15 is 0 Å². The van der Waals surface area contributed by atoms with E-state index in [-0.39, 0.29) is 0 Å². The molecule has 21 heavy (non-hydrogen) atoms. The van der Waals surface area contributed by atoms with E-state index in [4.69, 9.17) is 0 Å². The molecule has 0 bridgehead atoms. The second kappa shape index (κ2) is 5.94. The number of rotatable bonds is 3. The van der Waals surface area contributed by atoms with Crippen molar-refractivity contribution in [1.29, 1.82) is 0 Å². The van der Waals surface area contributed by atoms with E-state index in [1.807, 2.05) is 0 Å². The molecule has 1 fully saturated rings. The SMILES string of the molecule is CS(=O)(=O)N1CCN(CC2CNc3ccccc3C2)CC1. The van der Waals surface area contributed by atoms with Crippen LogP contribution in [0.2, 0.25) is 0 Å². The van der Waals surface area contributed by atoms with Gasteiger partial charge in [-0.2, -0.15) is 4.31 Å². The summed E-state index contributed by atoms with van der Waals surface area (Å²) >= 11 is 0. The number of benzene rings is 1. The van der Waals surface area contributed by atoms with Gasteiger partial charge in [0.15, 0.2) is 0 Å². The summed E-state index contributed by atoms with van der Waals surface area (Å²) in [4.78, 5) is 2.39. The zero-order valence-electron chi connectivity index (χ0n) is 12.5. The highest BCUT2D eigenvalue weighted by Crippen LogP contribution is 2.25. The zero-order valence-corrected chi connectivity index (χ0v) is 13.3. The molecule has 1 N–H and O–H groups in total. The van der Waals surface area contributed by atoms with Gasteiger partial charge in [-0.05, 0) is 24.0 Å². The minimum atomic E-state index is -3.03. The van der Waals surface area contributed by atoms with Crippen LogP contribution in [0.4, 0.5) is 5.69 Å². The number of sulfonamides is 1. The number of nitrogens with zero attached hydrogens (tertiary/aromatic N) is 2. The van der Waals surface area contributed by atoms with Crippen molar-refractivity contribution in [2.75, 3.05) is 50.8 Å². The molecular formula is C15H23N3O2S. The van der Waals surface area contributed by atoms with Crippen LogP contribution in [0.15, 0.2) is 24.3 Å². The van der Waals surface area contributed by atoms with Crippen LogP contribution in [-0.4, -0.2) is 63.1 Å². The summed E-state index contributed by atoms with van der Waals surface area (Å²) in [6.07, 6.45) is 2.40. The van der Waals surface area contributed by atoms with E-state index in [9.17, 15) is 8.42 Å². The molecule has 0 spiro atoms. The molecule has 0 aromatic heterocycles. The smallest absolute Gasteiger partial charge is 0.211 e. The second-order valence-electron chi connectivity index (χ2n) is 6.07. The van der Waals surface area contributed by atoms with Gasteiger partial charge in [0, 0.05) is 45.0 Å². The molecule has 2 heterocycles. The first-order chi connectivity index (χ1) is 10.0. The molecular weight excluding hydrogens is 286 g/mol. The van der Waals surface area contributed by atoms with Crippen molar-refractivity contribution in [3.63, 3.8) is 0 Å². The molecule has 2 aliphatic heterocycles. The highest BCUT2D eigenvalue weighted by Gasteiger charge is 2.26. The molecule has 116 valence electrons. The van der Waals surface area contributed by atoms with Crippen LogP contribution in [0.3, 0.4) is 0 Å². The van der Waals surface area contributed by atoms with Gasteiger partial charge in [0.1, 0.15) is 0 Å². The fraction of sp³-hybridized carbons (Fsp3) is 0.600. The lowest BCUT2D eigenvalue weighted by atomic mass is 9.93. The number of hydrogen-bond donors (Lipinski definition) is 1. The van der Waals surface area contributed by atoms with Crippen LogP contribution in [0.1, 0.15) is 5.56 Å². The number of nitrogens with one attached hydrogen (secondary N) is 1. The van der Waals surface area contributed by atoms with Crippen LogP contribution >= 0.6 is 0 Å². The van der Waals surface area contributed by atoms with Crippen molar-refractivity contribution < 1.29 is 8.42 Å². The lowest BCUT2D eigenvalue weighted by Crippen LogP contribution is -2.50. The van der Waals surface area contributed by atoms with Gasteiger partial charge in [-0.25, -0.2) is 8.42 Å². The highest BCUT2D eigenvalue weighted by atomic mass is 32.2. The molecule has 1 saturated heterocycles. The molecule has 0 saturated carbocycles. The van der Waals surface area contributed by atoms with Gasteiger partial charge < -0.3 is 10.2 Å². The average Bonchev–Trinajstić information content (AvgIpc) is 2.47. The van der Waals surface area contributed by atoms with Crippen molar-refractivity contribution in [3.8, 4) is 0 Å². The third-order valence-electron chi connectivity index (χ3n) is 4.42. The first-order valence-electron chi connectivity index (χ1n) is 7.51. The van der Waals surface area contributed by atoms with Gasteiger partial charge in [-0.3, -0.25) is 0 Å². The molecule has 0 radical (unpaired) electrons. The fourth-order valence-electron chi connectivity index (χ4n) is 3.25. The van der Waals surface area contributed by atoms with Crippen molar-refractivity contribution in [2.45, 2.75) is 6.42 Å². The standard InChI is InChI=1S/C15H23N3O2S/c1-21(19,20)18-8-6-17(7-9-18)12-13-10-14-4-2-3-5-15(14)16-11-13/h2-5,13,16H,6-12H2,1H3. The average molecular weight is 309 g/mol. The number of piperazine rings is 1. The Morgan fingerprint density at radius 3 is 2.62 bits per heavy atom. The summed E-state index contributed by atoms with van der Waals surface area (Å²) in [5, 5.41) is 3.50. The Bertz CT molecular complexity index is 595. The van der Waals surface area contributed by atoms with Crippen LogP contribution in [-0.2, 0) is 16.4 Å². The topological polar surface area (TPSA) is 52.7 Å². The fourth-order valence-corrected chi connectivity index (χ4v) is 4.07. The quantitative estimate of drug-likeness (QED) is 0.899. The molecule has 1 atom stereocenters. The van der Waals surface area contributed by atoms with Crippen LogP contribution in [0.5, 0.6) is 0 Å². The predicted molar refractivity (Wildman–Crippen MR) is 85.0 cm³/mol. The molecule has 3 rings (SSSR count). The minimum absolute atomic E-state index is 0.602. The van der Waals surface area contributed by atoms with E-state index in [1.54, 1.807) is 4.31 Å². The van der Waals surface area contributed by atoms with E-state index in [0.29, 0.717) is 19.0 Å². The normalized spacial score (nSPS) is 24.3. The Morgan fingerprint density at radius 2 is 1.90 bits per heavy atom. The van der Waals surface area contributed by atoms with Crippen LogP contribution in [0.25, 0.3) is 0 Å². The third-order valence-corrected chi connectivity index (χ3v) is 5.73. The minimum Gasteiger partial charge on any atom is -0.384 e. The van der Waals surface area contributed by atoms with Gasteiger partial charge in [-0.1, -0.05) is 18.2 Å². The van der Waals surface area contributed by atoms with Crippen molar-refractivity contribution in [1.82, 2.24) is 9.21 Å². The molecule has 1 aromatic rings. The summed E-state index contributed by atoms with van der Waals surface area (Å²) in [6.45, 7) is 4.96. The Hall–Kier alpha value is -1.11. The maximum atomic E-state index is 11.5. The van der Waals surface area contributed by atoms with E-state index in [1.165, 1.54) is 17.5 Å². The first kappa shape index (κ1) is 14.8. The Balaban J connectivity index is 1.53. The third kappa shape index (κ3) is 3.56. The largest absolute Gasteiger partial charge is 0.384 e. The highest BCUT2D eigenvalue weighted by molar-refractivity contribution is 7.88. The van der Waals surface area contributed by atoms with Gasteiger partial charge in [0.2, 0.25) is 10.0 Å². The number of hydrogen-bond acceptors (Lipinski definition) is 4. The van der Waals surface area contributed by atoms with Gasteiger partial charge >= 0.3 is 0 Å². The number of fused-ring (bicyclic) bond motifs is 1. The van der Waals surface area contributed by atoms with Crippen molar-refractivity contribution in [2.24, 2.45) is 5.92 Å². The second-order valence-corrected chi connectivity index (χ2v) is 8.05. The number of para-hydroxylation sites is 1. The van der Waals surface area contributed by atoms with E-state index in [0.717, 1.165) is 32.6 Å². The predicted octanol–water partition coefficient (Wildman–Crippen LogP) is 0.848. The van der Waals surface area contributed by atoms with Crippen molar-refractivity contribution >= 4 is 15.7 Å². The van der Waals surface area contributed by atoms with E-state index < -0.39 is 10.0 Å². The van der Waals surface area contributed by atoms with E-state index in [2.05, 4.69) is 34.5 Å². The zero-order chi connectivity index (χ0) is 14.9. The molecule has 5 nitrogen and oxygen atoms in total. The first-order valence-corrected chi connectivity index (χ1v) is 9.36. The summed E-state index contributed by atoms with van der Waals surface area (Å²) in [5.74, 6) is 0.602. The summed E-state index contributed by atoms with van der Waals surface area (Å²) in [7, 11) is -3.03. The van der Waals surface area contributed by atoms with Crippen molar-refractivity contribution in [3.05, 3.63) is 29.8 Å². The summed E-state index contributed by atoms with van der Waals surface area (Å²) in [6, 6.07) is 8.48. The molecule has 0 aliphatic carbocycles. The molecule has 6 heteroatoms. The van der Waals surface area contributed by atoms with Gasteiger partial charge in [0.25, 0.3) is 0 Å². The molecule has 0 amide bonds. The summed E-state index contributed by atoms with van der Waals surface area (Å²) < 4.78 is 24.6. The van der Waals surface area contributed by atoms with Gasteiger partial charge in [0.05, 0.1) is 6.26 Å². The maximum absolute atomic E-state index is 11.5. The Labute approximate surface area is 127 Å². The Morgan fingerprint density at radius 1 is 1.19 bits per heavy atom. The molecule has 2 aliphatic rings. The lowest BCUT2D eigenvalue weighted by molar-refractivity contribution is 0.166. The van der Waals surface area contributed by atoms with Crippen LogP contribution in [0, 0.1) is 5.92 Å². The Kier molecular flexibility index (Phi) is 4.19. The van der Waals surface area contributed by atoms with Gasteiger partial charge in [-0.15, -0.1) is 0 Å². The van der Waals surface area contributed by atoms with Crippen LogP contribution < -0.4 is 5.32 Å². The number of anilines is 1. The monoisotopic (exact) mass is 309 g/mol. The molecule has 1 unspecified atom stereocenters. The maximum Gasteiger partial charge on any atom is 0.211 e. The molecule has 1 aromatic carbocycles.